The van der Waals surface area contributed by atoms with Gasteiger partial charge in [0.15, 0.2) is 0 Å². The highest BCUT2D eigenvalue weighted by molar-refractivity contribution is 4.99. The van der Waals surface area contributed by atoms with Crippen molar-refractivity contribution in [2.45, 2.75) is 0 Å². The Morgan fingerprint density at radius 1 is 1.57 bits per heavy atom. The monoisotopic (exact) mass is 95.1 g/mol. The molecular formula is C5H7N2. The number of allylic oxidation sites excluding steroid dienone is 2. The molecule has 1 rings (SSSR count). The van der Waals surface area contributed by atoms with E-state index in [-0.39, 0.29) is 0 Å². The van der Waals surface area contributed by atoms with Gasteiger partial charge in [0.25, 0.3) is 0 Å². The van der Waals surface area contributed by atoms with E-state index in [1.54, 1.807) is 0 Å². The van der Waals surface area contributed by atoms with Gasteiger partial charge in [-0.05, 0) is 12.2 Å². The first kappa shape index (κ1) is 4.40. The lowest BCUT2D eigenvalue weighted by Gasteiger charge is -1.93. The van der Waals surface area contributed by atoms with Crippen LogP contribution < -0.4 is 10.9 Å². The van der Waals surface area contributed by atoms with E-state index >= 15 is 0 Å². The standard InChI is InChI=1S/C5H7N2/c1-2-4-6-7-5-3-1/h1-2,4,6-7H,5H2. The Hall–Kier alpha value is -0.760. The Morgan fingerprint density at radius 2 is 2.57 bits per heavy atom. The number of hydrogen-bond donors (Lipinski definition) is 2. The number of hydrogen-bond acceptors (Lipinski definition) is 2. The summed E-state index contributed by atoms with van der Waals surface area (Å²) in [7, 11) is 0. The molecule has 0 fully saturated rings. The van der Waals surface area contributed by atoms with E-state index in [1.165, 1.54) is 0 Å². The smallest absolute Gasteiger partial charge is 0.0401 e. The van der Waals surface area contributed by atoms with Crippen LogP contribution in [-0.2, 0) is 0 Å². The van der Waals surface area contributed by atoms with Crippen LogP contribution in [0.1, 0.15) is 0 Å². The summed E-state index contributed by atoms with van der Waals surface area (Å²) >= 11 is 0. The van der Waals surface area contributed by atoms with Crippen LogP contribution in [0.15, 0.2) is 18.4 Å². The maximum Gasteiger partial charge on any atom is 0.0401 e. The molecule has 0 aromatic carbocycles. The van der Waals surface area contributed by atoms with Crippen molar-refractivity contribution in [1.29, 1.82) is 0 Å². The molecule has 0 unspecified atom stereocenters. The van der Waals surface area contributed by atoms with Crippen molar-refractivity contribution in [2.24, 2.45) is 0 Å². The van der Waals surface area contributed by atoms with Gasteiger partial charge in [0.1, 0.15) is 0 Å². The summed E-state index contributed by atoms with van der Waals surface area (Å²) in [6.07, 6.45) is 8.54. The Balaban J connectivity index is 2.39. The minimum absolute atomic E-state index is 0.771. The van der Waals surface area contributed by atoms with Crippen LogP contribution in [0.25, 0.3) is 0 Å². The Morgan fingerprint density at radius 3 is 3.57 bits per heavy atom. The number of nitrogens with one attached hydrogen (secondary N) is 2. The zero-order valence-electron chi connectivity index (χ0n) is 3.94. The van der Waals surface area contributed by atoms with E-state index in [4.69, 9.17) is 0 Å². The van der Waals surface area contributed by atoms with Crippen LogP contribution in [0, 0.1) is 6.08 Å². The van der Waals surface area contributed by atoms with Crippen LogP contribution in [0.2, 0.25) is 0 Å². The molecule has 7 heavy (non-hydrogen) atoms. The predicted octanol–water partition coefficient (Wildman–Crippen LogP) is -0.0327. The predicted molar refractivity (Wildman–Crippen MR) is 28.1 cm³/mol. The van der Waals surface area contributed by atoms with Gasteiger partial charge in [-0.25, -0.2) is 5.43 Å². The molecule has 0 atom stereocenters. The summed E-state index contributed by atoms with van der Waals surface area (Å²) in [4.78, 5) is 0. The largest absolute Gasteiger partial charge is 0.328 e. The van der Waals surface area contributed by atoms with Gasteiger partial charge in [-0.1, -0.05) is 6.08 Å². The lowest BCUT2D eigenvalue weighted by Crippen LogP contribution is -2.25. The van der Waals surface area contributed by atoms with Crippen LogP contribution in [0.3, 0.4) is 0 Å². The van der Waals surface area contributed by atoms with E-state index < -0.39 is 0 Å². The molecular weight excluding hydrogens is 88.1 g/mol. The maximum absolute atomic E-state index is 2.96. The van der Waals surface area contributed by atoms with Crippen molar-refractivity contribution in [3.05, 3.63) is 24.4 Å². The molecule has 0 saturated carbocycles. The van der Waals surface area contributed by atoms with Crippen molar-refractivity contribution in [3.63, 3.8) is 0 Å². The van der Waals surface area contributed by atoms with Gasteiger partial charge in [0.2, 0.25) is 0 Å². The van der Waals surface area contributed by atoms with E-state index in [2.05, 4.69) is 16.9 Å². The highest BCUT2D eigenvalue weighted by atomic mass is 15.3. The van der Waals surface area contributed by atoms with E-state index in [1.807, 2.05) is 18.4 Å². The minimum Gasteiger partial charge on any atom is -0.328 e. The molecule has 1 heterocycles. The molecule has 0 saturated heterocycles. The molecule has 1 aliphatic heterocycles. The summed E-state index contributed by atoms with van der Waals surface area (Å²) in [5, 5.41) is 0. The molecule has 0 amide bonds. The number of rotatable bonds is 0. The first-order chi connectivity index (χ1) is 3.50. The molecule has 1 radical (unpaired) electrons. The zero-order valence-corrected chi connectivity index (χ0v) is 3.94. The van der Waals surface area contributed by atoms with Gasteiger partial charge in [-0.3, -0.25) is 0 Å². The van der Waals surface area contributed by atoms with Crippen LogP contribution in [-0.4, -0.2) is 6.54 Å². The first-order valence-corrected chi connectivity index (χ1v) is 2.20. The summed E-state index contributed by atoms with van der Waals surface area (Å²) in [6.45, 7) is 0.771. The molecule has 0 spiro atoms. The second-order valence-electron chi connectivity index (χ2n) is 1.23. The van der Waals surface area contributed by atoms with Crippen molar-refractivity contribution < 1.29 is 0 Å². The lowest BCUT2D eigenvalue weighted by atomic mass is 10.5. The minimum atomic E-state index is 0.771. The van der Waals surface area contributed by atoms with Gasteiger partial charge >= 0.3 is 0 Å². The van der Waals surface area contributed by atoms with Gasteiger partial charge < -0.3 is 5.43 Å². The van der Waals surface area contributed by atoms with Crippen LogP contribution in [0.4, 0.5) is 0 Å². The average Bonchev–Trinajstić information content (AvgIpc) is 1.90. The van der Waals surface area contributed by atoms with E-state index in [0.717, 1.165) is 6.54 Å². The molecule has 37 valence electrons. The molecule has 2 N–H and O–H groups in total. The summed E-state index contributed by atoms with van der Waals surface area (Å²) in [6, 6.07) is 0. The van der Waals surface area contributed by atoms with Crippen molar-refractivity contribution >= 4 is 0 Å². The lowest BCUT2D eigenvalue weighted by molar-refractivity contribution is 0.681. The fourth-order valence-electron chi connectivity index (χ4n) is 0.384. The quantitative estimate of drug-likeness (QED) is 0.441. The van der Waals surface area contributed by atoms with Crippen molar-refractivity contribution in [3.8, 4) is 0 Å². The molecule has 1 aliphatic rings. The number of hydrazine groups is 1. The third-order valence-corrected chi connectivity index (χ3v) is 0.686. The second kappa shape index (κ2) is 2.42. The Bertz CT molecular complexity index is 82.3. The fraction of sp³-hybridized carbons (Fsp3) is 0.200. The first-order valence-electron chi connectivity index (χ1n) is 2.20. The normalized spacial score (nSPS) is 18.3. The summed E-state index contributed by atoms with van der Waals surface area (Å²) in [5.74, 6) is 0. The molecule has 2 nitrogen and oxygen atoms in total. The summed E-state index contributed by atoms with van der Waals surface area (Å²) < 4.78 is 0. The Kier molecular flexibility index (Phi) is 1.52. The second-order valence-corrected chi connectivity index (χ2v) is 1.23. The van der Waals surface area contributed by atoms with Gasteiger partial charge in [-0.2, -0.15) is 0 Å². The van der Waals surface area contributed by atoms with E-state index in [9.17, 15) is 0 Å². The summed E-state index contributed by atoms with van der Waals surface area (Å²) in [5.41, 5.74) is 5.69. The Labute approximate surface area is 42.9 Å². The molecule has 0 aromatic heterocycles. The van der Waals surface area contributed by atoms with Crippen molar-refractivity contribution in [2.75, 3.05) is 6.54 Å². The molecule has 0 aliphatic carbocycles. The average molecular weight is 95.1 g/mol. The molecule has 2 heteroatoms. The third-order valence-electron chi connectivity index (χ3n) is 0.686. The third kappa shape index (κ3) is 1.41. The topological polar surface area (TPSA) is 24.1 Å². The molecule has 0 bridgehead atoms. The fourth-order valence-corrected chi connectivity index (χ4v) is 0.384. The maximum atomic E-state index is 2.96. The van der Waals surface area contributed by atoms with Gasteiger partial charge in [-0.15, -0.1) is 0 Å². The highest BCUT2D eigenvalue weighted by Gasteiger charge is 1.76. The molecule has 0 aromatic rings. The van der Waals surface area contributed by atoms with E-state index in [0.29, 0.717) is 0 Å². The van der Waals surface area contributed by atoms with Crippen LogP contribution >= 0.6 is 0 Å². The van der Waals surface area contributed by atoms with Gasteiger partial charge in [0.05, 0.1) is 0 Å². The SMILES string of the molecule is [C]1=CC=CNNC1. The van der Waals surface area contributed by atoms with Crippen molar-refractivity contribution in [1.82, 2.24) is 10.9 Å². The van der Waals surface area contributed by atoms with Gasteiger partial charge in [0, 0.05) is 12.7 Å². The van der Waals surface area contributed by atoms with Crippen LogP contribution in [0.5, 0.6) is 0 Å². The highest BCUT2D eigenvalue weighted by Crippen LogP contribution is 1.74. The zero-order chi connectivity index (χ0) is 4.95.